The van der Waals surface area contributed by atoms with Crippen LogP contribution in [0.1, 0.15) is 10.4 Å². The number of nitrogens with one attached hydrogen (secondary N) is 1. The lowest BCUT2D eigenvalue weighted by Crippen LogP contribution is -2.09. The number of carboxylic acids is 1. The van der Waals surface area contributed by atoms with Gasteiger partial charge in [-0.25, -0.2) is 4.79 Å². The fraction of sp³-hybridized carbons (Fsp3) is 0. The first-order valence-electron chi connectivity index (χ1n) is 3.47. The molecule has 0 saturated heterocycles. The van der Waals surface area contributed by atoms with Crippen LogP contribution in [0, 0.1) is 0 Å². The van der Waals surface area contributed by atoms with Gasteiger partial charge in [0.2, 0.25) is 0 Å². The highest BCUT2D eigenvalue weighted by atomic mass is 16.4. The normalized spacial score (nSPS) is 10.5. The van der Waals surface area contributed by atoms with E-state index in [1.807, 2.05) is 0 Å². The summed E-state index contributed by atoms with van der Waals surface area (Å²) in [4.78, 5) is 25.1. The molecule has 0 radical (unpaired) electrons. The molecular formula is C7H5N3O3. The largest absolute Gasteiger partial charge is 0.478 e. The Bertz CT molecular complexity index is 525. The Hall–Kier alpha value is -2.11. The van der Waals surface area contributed by atoms with E-state index in [9.17, 15) is 9.59 Å². The molecule has 2 aromatic rings. The third kappa shape index (κ3) is 1.08. The van der Waals surface area contributed by atoms with Crippen LogP contribution in [0.25, 0.3) is 5.52 Å². The number of hydrogen-bond donors (Lipinski definition) is 2. The number of aromatic amines is 1. The van der Waals surface area contributed by atoms with Gasteiger partial charge in [-0.05, 0) is 6.07 Å². The predicted octanol–water partition coefficient (Wildman–Crippen LogP) is -0.279. The molecule has 0 spiro atoms. The fourth-order valence-electron chi connectivity index (χ4n) is 1.07. The Balaban J connectivity index is 2.83. The average molecular weight is 179 g/mol. The second-order valence-corrected chi connectivity index (χ2v) is 2.48. The van der Waals surface area contributed by atoms with Crippen molar-refractivity contribution in [3.05, 3.63) is 34.5 Å². The number of fused-ring (bicyclic) bond motifs is 1. The summed E-state index contributed by atoms with van der Waals surface area (Å²) in [5.74, 6) is -1.07. The van der Waals surface area contributed by atoms with Gasteiger partial charge in [0.25, 0.3) is 5.56 Å². The SMILES string of the molecule is O=C(O)c1cc2c(=O)nc[nH]n2c1. The molecule has 0 amide bonds. The summed E-state index contributed by atoms with van der Waals surface area (Å²) in [6.07, 6.45) is 2.53. The first kappa shape index (κ1) is 7.53. The summed E-state index contributed by atoms with van der Waals surface area (Å²) in [5.41, 5.74) is -0.174. The maximum absolute atomic E-state index is 11.1. The topological polar surface area (TPSA) is 87.5 Å². The van der Waals surface area contributed by atoms with Crippen molar-refractivity contribution in [2.24, 2.45) is 0 Å². The van der Waals surface area contributed by atoms with E-state index in [-0.39, 0.29) is 11.1 Å². The zero-order valence-electron chi connectivity index (χ0n) is 6.39. The van der Waals surface area contributed by atoms with Gasteiger partial charge in [0, 0.05) is 6.20 Å². The van der Waals surface area contributed by atoms with E-state index in [1.165, 1.54) is 23.1 Å². The quantitative estimate of drug-likeness (QED) is 0.630. The van der Waals surface area contributed by atoms with E-state index in [4.69, 9.17) is 5.11 Å². The number of carboxylic acid groups (broad SMARTS) is 1. The first-order chi connectivity index (χ1) is 6.18. The molecule has 0 fully saturated rings. The van der Waals surface area contributed by atoms with Gasteiger partial charge in [-0.15, -0.1) is 0 Å². The van der Waals surface area contributed by atoms with Crippen molar-refractivity contribution in [3.63, 3.8) is 0 Å². The number of hydrogen-bond acceptors (Lipinski definition) is 3. The molecule has 0 atom stereocenters. The second-order valence-electron chi connectivity index (χ2n) is 2.48. The van der Waals surface area contributed by atoms with E-state index < -0.39 is 11.5 Å². The van der Waals surface area contributed by atoms with Gasteiger partial charge in [-0.3, -0.25) is 14.4 Å². The smallest absolute Gasteiger partial charge is 0.337 e. The van der Waals surface area contributed by atoms with Crippen LogP contribution in [-0.4, -0.2) is 25.7 Å². The van der Waals surface area contributed by atoms with E-state index >= 15 is 0 Å². The van der Waals surface area contributed by atoms with E-state index in [1.54, 1.807) is 0 Å². The second kappa shape index (κ2) is 2.44. The molecule has 2 N–H and O–H groups in total. The first-order valence-corrected chi connectivity index (χ1v) is 3.47. The van der Waals surface area contributed by atoms with Gasteiger partial charge in [0.15, 0.2) is 0 Å². The minimum Gasteiger partial charge on any atom is -0.478 e. The molecular weight excluding hydrogens is 174 g/mol. The van der Waals surface area contributed by atoms with Crippen LogP contribution in [0.3, 0.4) is 0 Å². The minimum absolute atomic E-state index is 0.0568. The summed E-state index contributed by atoms with van der Waals surface area (Å²) >= 11 is 0. The van der Waals surface area contributed by atoms with Crippen LogP contribution in [0.2, 0.25) is 0 Å². The van der Waals surface area contributed by atoms with Gasteiger partial charge in [0.1, 0.15) is 11.8 Å². The van der Waals surface area contributed by atoms with E-state index in [0.29, 0.717) is 0 Å². The average Bonchev–Trinajstić information content (AvgIpc) is 2.49. The lowest BCUT2D eigenvalue weighted by molar-refractivity contribution is 0.0697. The third-order valence-corrected chi connectivity index (χ3v) is 1.66. The molecule has 6 nitrogen and oxygen atoms in total. The van der Waals surface area contributed by atoms with Crippen LogP contribution in [0.15, 0.2) is 23.4 Å². The highest BCUT2D eigenvalue weighted by Crippen LogP contribution is 2.03. The van der Waals surface area contributed by atoms with Crippen LogP contribution in [-0.2, 0) is 0 Å². The molecule has 2 heterocycles. The molecule has 2 rings (SSSR count). The Morgan fingerprint density at radius 1 is 1.62 bits per heavy atom. The number of H-pyrrole nitrogens is 1. The lowest BCUT2D eigenvalue weighted by atomic mass is 10.3. The summed E-state index contributed by atoms with van der Waals surface area (Å²) in [5, 5.41) is 11.2. The highest BCUT2D eigenvalue weighted by molar-refractivity contribution is 5.89. The summed E-state index contributed by atoms with van der Waals surface area (Å²) in [6, 6.07) is 1.27. The summed E-state index contributed by atoms with van der Waals surface area (Å²) in [7, 11) is 0. The summed E-state index contributed by atoms with van der Waals surface area (Å²) < 4.78 is 1.32. The van der Waals surface area contributed by atoms with Gasteiger partial charge >= 0.3 is 5.97 Å². The predicted molar refractivity (Wildman–Crippen MR) is 42.8 cm³/mol. The fourth-order valence-corrected chi connectivity index (χ4v) is 1.07. The third-order valence-electron chi connectivity index (χ3n) is 1.66. The van der Waals surface area contributed by atoms with E-state index in [0.717, 1.165) is 0 Å². The molecule has 0 bridgehead atoms. The minimum atomic E-state index is -1.07. The molecule has 66 valence electrons. The van der Waals surface area contributed by atoms with Crippen LogP contribution >= 0.6 is 0 Å². The van der Waals surface area contributed by atoms with Gasteiger partial charge in [0.05, 0.1) is 5.56 Å². The highest BCUT2D eigenvalue weighted by Gasteiger charge is 2.08. The number of nitrogens with zero attached hydrogens (tertiary/aromatic N) is 2. The van der Waals surface area contributed by atoms with Crippen molar-refractivity contribution >= 4 is 11.5 Å². The van der Waals surface area contributed by atoms with Crippen LogP contribution in [0.5, 0.6) is 0 Å². The summed E-state index contributed by atoms with van der Waals surface area (Å²) in [6.45, 7) is 0. The monoisotopic (exact) mass is 179 g/mol. The number of rotatable bonds is 1. The lowest BCUT2D eigenvalue weighted by Gasteiger charge is -1.89. The van der Waals surface area contributed by atoms with Crippen molar-refractivity contribution < 1.29 is 9.90 Å². The molecule has 0 aliphatic carbocycles. The molecule has 0 aromatic carbocycles. The zero-order chi connectivity index (χ0) is 9.42. The zero-order valence-corrected chi connectivity index (χ0v) is 6.39. The molecule has 2 aromatic heterocycles. The maximum Gasteiger partial charge on any atom is 0.337 e. The molecule has 0 saturated carbocycles. The maximum atomic E-state index is 11.1. The van der Waals surface area contributed by atoms with Crippen molar-refractivity contribution in [1.82, 2.24) is 14.6 Å². The Morgan fingerprint density at radius 3 is 3.00 bits per heavy atom. The van der Waals surface area contributed by atoms with E-state index in [2.05, 4.69) is 10.1 Å². The molecule has 0 aliphatic heterocycles. The van der Waals surface area contributed by atoms with Crippen molar-refractivity contribution in [2.75, 3.05) is 0 Å². The molecule has 6 heteroatoms. The molecule has 0 unspecified atom stereocenters. The Morgan fingerprint density at radius 2 is 2.38 bits per heavy atom. The number of aromatic nitrogens is 3. The number of carbonyl (C=O) groups is 1. The van der Waals surface area contributed by atoms with Gasteiger partial charge < -0.3 is 5.11 Å². The number of aromatic carboxylic acids is 1. The Kier molecular flexibility index (Phi) is 1.42. The molecule has 13 heavy (non-hydrogen) atoms. The van der Waals surface area contributed by atoms with Crippen molar-refractivity contribution in [1.29, 1.82) is 0 Å². The van der Waals surface area contributed by atoms with Crippen LogP contribution in [0.4, 0.5) is 0 Å². The molecule has 0 aliphatic rings. The van der Waals surface area contributed by atoms with Gasteiger partial charge in [-0.1, -0.05) is 0 Å². The van der Waals surface area contributed by atoms with Crippen molar-refractivity contribution in [3.8, 4) is 0 Å². The Labute approximate surface area is 71.4 Å². The van der Waals surface area contributed by atoms with Crippen LogP contribution < -0.4 is 5.56 Å². The van der Waals surface area contributed by atoms with Gasteiger partial charge in [-0.2, -0.15) is 4.98 Å². The standard InChI is InChI=1S/C7H5N3O3/c11-6-5-1-4(7(12)13)2-10(5)9-3-8-6/h1-3H,(H,12,13)(H,8,9,11). The van der Waals surface area contributed by atoms with Crippen molar-refractivity contribution in [2.45, 2.75) is 0 Å².